The summed E-state index contributed by atoms with van der Waals surface area (Å²) in [4.78, 5) is 11.5. The van der Waals surface area contributed by atoms with E-state index in [0.717, 1.165) is 12.8 Å². The number of benzene rings is 1. The van der Waals surface area contributed by atoms with Crippen LogP contribution < -0.4 is 5.32 Å². The van der Waals surface area contributed by atoms with E-state index in [1.807, 2.05) is 6.92 Å². The topological polar surface area (TPSA) is 29.1 Å². The summed E-state index contributed by atoms with van der Waals surface area (Å²) in [5, 5.41) is 2.99. The van der Waals surface area contributed by atoms with Crippen LogP contribution in [-0.2, 0) is 11.2 Å². The molecule has 1 aromatic carbocycles. The van der Waals surface area contributed by atoms with Crippen molar-refractivity contribution in [3.8, 4) is 0 Å². The Balaban J connectivity index is 2.21. The first-order valence-corrected chi connectivity index (χ1v) is 6.48. The minimum absolute atomic E-state index is 0.0999. The second-order valence-corrected chi connectivity index (χ2v) is 5.15. The van der Waals surface area contributed by atoms with E-state index in [0.29, 0.717) is 13.0 Å². The highest BCUT2D eigenvalue weighted by molar-refractivity contribution is 6.20. The molecule has 0 radical (unpaired) electrons. The third kappa shape index (κ3) is 6.32. The van der Waals surface area contributed by atoms with Crippen LogP contribution in [0.1, 0.15) is 30.9 Å². The lowest BCUT2D eigenvalue weighted by atomic mass is 10.1. The number of hydrogen-bond donors (Lipinski definition) is 1. The fourth-order valence-electron chi connectivity index (χ4n) is 1.51. The van der Waals surface area contributed by atoms with Gasteiger partial charge >= 0.3 is 0 Å². The third-order valence-electron chi connectivity index (χ3n) is 2.63. The number of rotatable bonds is 6. The summed E-state index contributed by atoms with van der Waals surface area (Å²) >= 11 is 5.80. The highest BCUT2D eigenvalue weighted by Crippen LogP contribution is 2.05. The highest BCUT2D eigenvalue weighted by atomic mass is 35.5. The Morgan fingerprint density at radius 1 is 1.35 bits per heavy atom. The number of aryl methyl sites for hydroxylation is 2. The SMILES string of the molecule is Cc1ccc(CCC(=O)NCCC(C)Cl)cc1. The lowest BCUT2D eigenvalue weighted by Crippen LogP contribution is -2.25. The van der Waals surface area contributed by atoms with Crippen molar-refractivity contribution in [3.63, 3.8) is 0 Å². The van der Waals surface area contributed by atoms with E-state index < -0.39 is 0 Å². The van der Waals surface area contributed by atoms with Gasteiger partial charge in [-0.15, -0.1) is 11.6 Å². The van der Waals surface area contributed by atoms with E-state index in [-0.39, 0.29) is 11.3 Å². The fourth-order valence-corrected chi connectivity index (χ4v) is 1.62. The van der Waals surface area contributed by atoms with Crippen LogP contribution in [-0.4, -0.2) is 17.8 Å². The monoisotopic (exact) mass is 253 g/mol. The number of halogens is 1. The van der Waals surface area contributed by atoms with Gasteiger partial charge in [-0.1, -0.05) is 29.8 Å². The molecule has 0 saturated heterocycles. The van der Waals surface area contributed by atoms with Crippen LogP contribution in [0.4, 0.5) is 0 Å². The van der Waals surface area contributed by atoms with Gasteiger partial charge in [-0.3, -0.25) is 4.79 Å². The zero-order valence-corrected chi connectivity index (χ0v) is 11.3. The molecule has 0 aliphatic rings. The molecule has 0 aliphatic heterocycles. The minimum atomic E-state index is 0.0999. The average Bonchev–Trinajstić information content (AvgIpc) is 2.28. The van der Waals surface area contributed by atoms with Crippen molar-refractivity contribution in [2.45, 2.75) is 38.5 Å². The van der Waals surface area contributed by atoms with Gasteiger partial charge in [-0.25, -0.2) is 0 Å². The smallest absolute Gasteiger partial charge is 0.220 e. The molecule has 0 spiro atoms. The van der Waals surface area contributed by atoms with Gasteiger partial charge < -0.3 is 5.32 Å². The van der Waals surface area contributed by atoms with Crippen molar-refractivity contribution < 1.29 is 4.79 Å². The second-order valence-electron chi connectivity index (χ2n) is 4.40. The fraction of sp³-hybridized carbons (Fsp3) is 0.500. The summed E-state index contributed by atoms with van der Waals surface area (Å²) in [6.45, 7) is 4.65. The number of carbonyl (C=O) groups excluding carboxylic acids is 1. The lowest BCUT2D eigenvalue weighted by molar-refractivity contribution is -0.121. The molecule has 94 valence electrons. The normalized spacial score (nSPS) is 12.2. The van der Waals surface area contributed by atoms with Gasteiger partial charge in [0.05, 0.1) is 0 Å². The second kappa shape index (κ2) is 7.33. The molecular weight excluding hydrogens is 234 g/mol. The van der Waals surface area contributed by atoms with Crippen LogP contribution in [0.3, 0.4) is 0 Å². The minimum Gasteiger partial charge on any atom is -0.356 e. The van der Waals surface area contributed by atoms with Crippen molar-refractivity contribution in [1.29, 1.82) is 0 Å². The van der Waals surface area contributed by atoms with E-state index in [9.17, 15) is 4.79 Å². The largest absolute Gasteiger partial charge is 0.356 e. The Kier molecular flexibility index (Phi) is 6.06. The summed E-state index contributed by atoms with van der Waals surface area (Å²) in [6, 6.07) is 8.29. The third-order valence-corrected chi connectivity index (χ3v) is 2.84. The Morgan fingerprint density at radius 3 is 2.59 bits per heavy atom. The van der Waals surface area contributed by atoms with Crippen molar-refractivity contribution in [2.75, 3.05) is 6.54 Å². The van der Waals surface area contributed by atoms with Gasteiger partial charge in [-0.2, -0.15) is 0 Å². The van der Waals surface area contributed by atoms with Gasteiger partial charge in [0.15, 0.2) is 0 Å². The summed E-state index contributed by atoms with van der Waals surface area (Å²) < 4.78 is 0. The van der Waals surface area contributed by atoms with Crippen molar-refractivity contribution >= 4 is 17.5 Å². The first kappa shape index (κ1) is 14.0. The maximum Gasteiger partial charge on any atom is 0.220 e. The molecule has 1 rings (SSSR count). The number of nitrogens with one attached hydrogen (secondary N) is 1. The number of alkyl halides is 1. The molecule has 0 bridgehead atoms. The molecule has 3 heteroatoms. The van der Waals surface area contributed by atoms with Crippen LogP contribution >= 0.6 is 11.6 Å². The van der Waals surface area contributed by atoms with E-state index in [1.165, 1.54) is 11.1 Å². The maximum absolute atomic E-state index is 11.5. The van der Waals surface area contributed by atoms with Gasteiger partial charge in [0.2, 0.25) is 5.91 Å². The molecule has 0 aromatic heterocycles. The quantitative estimate of drug-likeness (QED) is 0.776. The Bertz CT molecular complexity index is 346. The van der Waals surface area contributed by atoms with Crippen LogP contribution in [0.5, 0.6) is 0 Å². The van der Waals surface area contributed by atoms with Gasteiger partial charge in [0, 0.05) is 18.3 Å². The molecular formula is C14H20ClNO. The summed E-state index contributed by atoms with van der Waals surface area (Å²) in [5.41, 5.74) is 2.45. The molecule has 0 aliphatic carbocycles. The van der Waals surface area contributed by atoms with E-state index in [1.54, 1.807) is 0 Å². The maximum atomic E-state index is 11.5. The number of amides is 1. The van der Waals surface area contributed by atoms with Crippen LogP contribution in [0.15, 0.2) is 24.3 Å². The Hall–Kier alpha value is -1.02. The predicted molar refractivity (Wildman–Crippen MR) is 72.4 cm³/mol. The summed E-state index contributed by atoms with van der Waals surface area (Å²) in [7, 11) is 0. The molecule has 1 amide bonds. The molecule has 1 N–H and O–H groups in total. The van der Waals surface area contributed by atoms with Gasteiger partial charge in [0.1, 0.15) is 0 Å². The Morgan fingerprint density at radius 2 is 2.00 bits per heavy atom. The first-order valence-electron chi connectivity index (χ1n) is 6.04. The van der Waals surface area contributed by atoms with Crippen LogP contribution in [0.25, 0.3) is 0 Å². The van der Waals surface area contributed by atoms with Gasteiger partial charge in [0.25, 0.3) is 0 Å². The zero-order chi connectivity index (χ0) is 12.7. The van der Waals surface area contributed by atoms with E-state index >= 15 is 0 Å². The first-order chi connectivity index (χ1) is 8.08. The molecule has 1 unspecified atom stereocenters. The standard InChI is InChI=1S/C14H20ClNO/c1-11-3-5-13(6-4-11)7-8-14(17)16-10-9-12(2)15/h3-6,12H,7-10H2,1-2H3,(H,16,17). The van der Waals surface area contributed by atoms with Crippen LogP contribution in [0.2, 0.25) is 0 Å². The van der Waals surface area contributed by atoms with E-state index in [2.05, 4.69) is 36.5 Å². The average molecular weight is 254 g/mol. The lowest BCUT2D eigenvalue weighted by Gasteiger charge is -2.06. The molecule has 0 fully saturated rings. The van der Waals surface area contributed by atoms with Crippen molar-refractivity contribution in [3.05, 3.63) is 35.4 Å². The highest BCUT2D eigenvalue weighted by Gasteiger charge is 2.02. The molecule has 2 nitrogen and oxygen atoms in total. The molecule has 0 saturated carbocycles. The van der Waals surface area contributed by atoms with Crippen LogP contribution in [0, 0.1) is 6.92 Å². The van der Waals surface area contributed by atoms with Gasteiger partial charge in [-0.05, 0) is 32.3 Å². The Labute approximate surface area is 108 Å². The molecule has 1 atom stereocenters. The summed E-state index contributed by atoms with van der Waals surface area (Å²) in [5.74, 6) is 0.0999. The predicted octanol–water partition coefficient (Wildman–Crippen LogP) is 3.06. The van der Waals surface area contributed by atoms with Crippen molar-refractivity contribution in [2.24, 2.45) is 0 Å². The molecule has 0 heterocycles. The zero-order valence-electron chi connectivity index (χ0n) is 10.5. The summed E-state index contributed by atoms with van der Waals surface area (Å²) in [6.07, 6.45) is 2.15. The van der Waals surface area contributed by atoms with Crippen molar-refractivity contribution in [1.82, 2.24) is 5.32 Å². The molecule has 1 aromatic rings. The number of carbonyl (C=O) groups is 1. The number of hydrogen-bond acceptors (Lipinski definition) is 1. The molecule has 17 heavy (non-hydrogen) atoms. The van der Waals surface area contributed by atoms with E-state index in [4.69, 9.17) is 11.6 Å².